The number of nitrogens with one attached hydrogen (secondary N) is 1. The van der Waals surface area contributed by atoms with Crippen molar-refractivity contribution in [2.24, 2.45) is 0 Å². The summed E-state index contributed by atoms with van der Waals surface area (Å²) in [7, 11) is -5.02. The zero-order chi connectivity index (χ0) is 17.3. The van der Waals surface area contributed by atoms with Crippen molar-refractivity contribution in [1.29, 1.82) is 0 Å². The van der Waals surface area contributed by atoms with Gasteiger partial charge in [-0.3, -0.25) is 4.72 Å². The first-order chi connectivity index (χ1) is 9.71. The SMILES string of the molecule is O=C(O)c1cc(C(F)(F)F)ccc1NS(=O)(=O)CC(F)(F)F. The standard InChI is InChI=1S/C10H7F6NO4S/c11-9(12,13)4-22(20,21)17-7-2-1-5(10(14,15)16)3-6(7)8(18)19/h1-3,17H,4H2,(H,18,19). The maximum absolute atomic E-state index is 12.4. The Morgan fingerprint density at radius 1 is 1.14 bits per heavy atom. The van der Waals surface area contributed by atoms with Crippen LogP contribution in [-0.2, 0) is 16.2 Å². The number of hydrogen-bond acceptors (Lipinski definition) is 3. The predicted molar refractivity (Wildman–Crippen MR) is 61.9 cm³/mol. The summed E-state index contributed by atoms with van der Waals surface area (Å²) in [6.45, 7) is 0. The lowest BCUT2D eigenvalue weighted by Gasteiger charge is -2.14. The molecule has 1 aromatic rings. The molecule has 0 radical (unpaired) electrons. The summed E-state index contributed by atoms with van der Waals surface area (Å²) in [5.41, 5.74) is -3.41. The quantitative estimate of drug-likeness (QED) is 0.817. The van der Waals surface area contributed by atoms with Crippen molar-refractivity contribution in [2.45, 2.75) is 12.4 Å². The van der Waals surface area contributed by atoms with E-state index >= 15 is 0 Å². The number of rotatable bonds is 4. The largest absolute Gasteiger partial charge is 0.478 e. The fourth-order valence-corrected chi connectivity index (χ4v) is 2.42. The molecule has 0 amide bonds. The van der Waals surface area contributed by atoms with Crippen LogP contribution in [0.1, 0.15) is 15.9 Å². The molecule has 1 aromatic carbocycles. The number of carboxylic acids is 1. The van der Waals surface area contributed by atoms with Crippen molar-refractivity contribution >= 4 is 21.7 Å². The Labute approximate surface area is 119 Å². The Hall–Kier alpha value is -1.98. The monoisotopic (exact) mass is 351 g/mol. The highest BCUT2D eigenvalue weighted by Crippen LogP contribution is 2.32. The molecule has 124 valence electrons. The first kappa shape index (κ1) is 18.1. The van der Waals surface area contributed by atoms with Crippen molar-refractivity contribution in [3.05, 3.63) is 29.3 Å². The van der Waals surface area contributed by atoms with E-state index in [4.69, 9.17) is 5.11 Å². The van der Waals surface area contributed by atoms with Gasteiger partial charge in [-0.15, -0.1) is 0 Å². The minimum absolute atomic E-state index is 0.119. The molecule has 0 heterocycles. The van der Waals surface area contributed by atoms with Gasteiger partial charge in [-0.2, -0.15) is 26.3 Å². The van der Waals surface area contributed by atoms with E-state index in [2.05, 4.69) is 0 Å². The number of benzene rings is 1. The zero-order valence-electron chi connectivity index (χ0n) is 10.3. The van der Waals surface area contributed by atoms with Gasteiger partial charge in [0.2, 0.25) is 10.0 Å². The fourth-order valence-electron chi connectivity index (χ4n) is 1.41. The van der Waals surface area contributed by atoms with E-state index in [9.17, 15) is 39.6 Å². The van der Waals surface area contributed by atoms with Gasteiger partial charge >= 0.3 is 18.3 Å². The van der Waals surface area contributed by atoms with Gasteiger partial charge in [0, 0.05) is 0 Å². The highest BCUT2D eigenvalue weighted by Gasteiger charge is 2.36. The average molecular weight is 351 g/mol. The van der Waals surface area contributed by atoms with E-state index in [1.165, 1.54) is 4.72 Å². The van der Waals surface area contributed by atoms with Gasteiger partial charge in [0.25, 0.3) is 0 Å². The smallest absolute Gasteiger partial charge is 0.416 e. The third-order valence-corrected chi connectivity index (χ3v) is 3.43. The van der Waals surface area contributed by atoms with E-state index in [0.717, 1.165) is 0 Å². The lowest BCUT2D eigenvalue weighted by molar-refractivity contribution is -0.137. The number of sulfonamides is 1. The Morgan fingerprint density at radius 2 is 1.68 bits per heavy atom. The second-order valence-electron chi connectivity index (χ2n) is 4.04. The van der Waals surface area contributed by atoms with Crippen molar-refractivity contribution in [3.63, 3.8) is 0 Å². The molecule has 0 saturated heterocycles. The van der Waals surface area contributed by atoms with Gasteiger partial charge in [-0.25, -0.2) is 13.2 Å². The molecule has 0 unspecified atom stereocenters. The summed E-state index contributed by atoms with van der Waals surface area (Å²) >= 11 is 0. The molecule has 0 aromatic heterocycles. The zero-order valence-corrected chi connectivity index (χ0v) is 11.1. The number of aromatic carboxylic acids is 1. The van der Waals surface area contributed by atoms with Crippen molar-refractivity contribution < 1.29 is 44.7 Å². The number of carbonyl (C=O) groups is 1. The third kappa shape index (κ3) is 5.09. The Morgan fingerprint density at radius 3 is 2.09 bits per heavy atom. The second kappa shape index (κ2) is 5.66. The van der Waals surface area contributed by atoms with Crippen LogP contribution in [0.5, 0.6) is 0 Å². The molecule has 0 bridgehead atoms. The summed E-state index contributed by atoms with van der Waals surface area (Å²) in [5, 5.41) is 8.76. The molecule has 0 atom stereocenters. The highest BCUT2D eigenvalue weighted by molar-refractivity contribution is 7.92. The number of hydrogen-bond donors (Lipinski definition) is 2. The molecular weight excluding hydrogens is 344 g/mol. The summed E-state index contributed by atoms with van der Waals surface area (Å²) < 4.78 is 97.2. The van der Waals surface area contributed by atoms with Gasteiger partial charge in [-0.1, -0.05) is 0 Å². The van der Waals surface area contributed by atoms with E-state index in [1.54, 1.807) is 0 Å². The Bertz CT molecular complexity index is 680. The van der Waals surface area contributed by atoms with Gasteiger partial charge < -0.3 is 5.11 Å². The van der Waals surface area contributed by atoms with Crippen LogP contribution < -0.4 is 4.72 Å². The summed E-state index contributed by atoms with van der Waals surface area (Å²) in [6, 6.07) is 0.895. The molecule has 2 N–H and O–H groups in total. The van der Waals surface area contributed by atoms with Crippen LogP contribution in [0.4, 0.5) is 32.0 Å². The van der Waals surface area contributed by atoms with Gasteiger partial charge in [0.1, 0.15) is 0 Å². The van der Waals surface area contributed by atoms with Crippen LogP contribution in [0.2, 0.25) is 0 Å². The molecule has 0 saturated carbocycles. The maximum atomic E-state index is 12.4. The molecule has 1 rings (SSSR count). The number of halogens is 6. The summed E-state index contributed by atoms with van der Waals surface area (Å²) in [6.07, 6.45) is -9.99. The van der Waals surface area contributed by atoms with Crippen LogP contribution in [0, 0.1) is 0 Å². The first-order valence-electron chi connectivity index (χ1n) is 5.23. The first-order valence-corrected chi connectivity index (χ1v) is 6.88. The van der Waals surface area contributed by atoms with E-state index in [0.29, 0.717) is 12.1 Å². The molecule has 0 aliphatic rings. The van der Waals surface area contributed by atoms with E-state index in [-0.39, 0.29) is 6.07 Å². The fraction of sp³-hybridized carbons (Fsp3) is 0.300. The normalized spacial score (nSPS) is 13.0. The van der Waals surface area contributed by atoms with Gasteiger partial charge in [0.05, 0.1) is 16.8 Å². The third-order valence-electron chi connectivity index (χ3n) is 2.20. The second-order valence-corrected chi connectivity index (χ2v) is 5.76. The molecule has 0 aliphatic carbocycles. The minimum atomic E-state index is -5.10. The molecule has 5 nitrogen and oxygen atoms in total. The van der Waals surface area contributed by atoms with E-state index in [1.807, 2.05) is 0 Å². The molecule has 22 heavy (non-hydrogen) atoms. The molecule has 0 aliphatic heterocycles. The Kier molecular flexibility index (Phi) is 4.65. The maximum Gasteiger partial charge on any atom is 0.416 e. The van der Waals surface area contributed by atoms with Crippen LogP contribution in [0.25, 0.3) is 0 Å². The van der Waals surface area contributed by atoms with Crippen LogP contribution >= 0.6 is 0 Å². The van der Waals surface area contributed by atoms with E-state index < -0.39 is 50.9 Å². The highest BCUT2D eigenvalue weighted by atomic mass is 32.2. The van der Waals surface area contributed by atoms with Crippen LogP contribution in [-0.4, -0.2) is 31.4 Å². The van der Waals surface area contributed by atoms with Crippen LogP contribution in [0.15, 0.2) is 18.2 Å². The van der Waals surface area contributed by atoms with Crippen molar-refractivity contribution in [2.75, 3.05) is 10.5 Å². The molecule has 12 heteroatoms. The predicted octanol–water partition coefficient (Wildman–Crippen LogP) is 2.71. The molecule has 0 spiro atoms. The van der Waals surface area contributed by atoms with Gasteiger partial charge in [-0.05, 0) is 18.2 Å². The lowest BCUT2D eigenvalue weighted by Crippen LogP contribution is -2.28. The average Bonchev–Trinajstić information content (AvgIpc) is 2.23. The summed E-state index contributed by atoms with van der Waals surface area (Å²) in [4.78, 5) is 10.8. The lowest BCUT2D eigenvalue weighted by atomic mass is 10.1. The Balaban J connectivity index is 3.24. The molecular formula is C10H7F6NO4S. The number of anilines is 1. The topological polar surface area (TPSA) is 83.5 Å². The van der Waals surface area contributed by atoms with Crippen LogP contribution in [0.3, 0.4) is 0 Å². The van der Waals surface area contributed by atoms with Gasteiger partial charge in [0.15, 0.2) is 5.75 Å². The number of carboxylic acid groups (broad SMARTS) is 1. The summed E-state index contributed by atoms with van der Waals surface area (Å²) in [5.74, 6) is -4.24. The minimum Gasteiger partial charge on any atom is -0.478 e. The van der Waals surface area contributed by atoms with Crippen molar-refractivity contribution in [3.8, 4) is 0 Å². The molecule has 0 fully saturated rings. The van der Waals surface area contributed by atoms with Crippen molar-refractivity contribution in [1.82, 2.24) is 0 Å². The number of alkyl halides is 6.